The van der Waals surface area contributed by atoms with Gasteiger partial charge >= 0.3 is 0 Å². The molecular weight excluding hydrogens is 991 g/mol. The second kappa shape index (κ2) is 55.9. The summed E-state index contributed by atoms with van der Waals surface area (Å²) in [4.78, 5) is 68.0. The highest BCUT2D eigenvalue weighted by atomic mass is 16.2. The summed E-state index contributed by atoms with van der Waals surface area (Å²) in [6.45, 7) is 18.4. The van der Waals surface area contributed by atoms with Crippen molar-refractivity contribution in [2.45, 2.75) is 323 Å². The number of likely N-dealkylation sites (N-methyl/N-ethyl adjacent to an activating group) is 1. The van der Waals surface area contributed by atoms with Crippen LogP contribution >= 0.6 is 0 Å². The molecule has 4 unspecified atom stereocenters. The van der Waals surface area contributed by atoms with E-state index in [1.165, 1.54) is 167 Å². The van der Waals surface area contributed by atoms with Gasteiger partial charge in [0.15, 0.2) is 0 Å². The third-order valence-electron chi connectivity index (χ3n) is 17.2. The van der Waals surface area contributed by atoms with Crippen LogP contribution in [0.15, 0.2) is 0 Å². The zero-order valence-corrected chi connectivity index (χ0v) is 55.5. The van der Waals surface area contributed by atoms with E-state index in [2.05, 4.69) is 95.1 Å². The molecule has 474 valence electrons. The predicted octanol–water partition coefficient (Wildman–Crippen LogP) is 16.4. The molecule has 4 amide bonds. The molecule has 0 aromatic rings. The van der Waals surface area contributed by atoms with E-state index in [0.29, 0.717) is 52.1 Å². The van der Waals surface area contributed by atoms with Crippen molar-refractivity contribution in [3.05, 3.63) is 0 Å². The molecule has 2 N–H and O–H groups in total. The molecule has 0 aliphatic rings. The van der Waals surface area contributed by atoms with Crippen LogP contribution in [0.5, 0.6) is 0 Å². The average Bonchev–Trinajstić information content (AvgIpc) is 3.44. The Hall–Kier alpha value is -2.24. The zero-order chi connectivity index (χ0) is 59.3. The van der Waals surface area contributed by atoms with Crippen LogP contribution in [0.1, 0.15) is 311 Å². The molecule has 0 radical (unpaired) electrons. The van der Waals surface area contributed by atoms with Gasteiger partial charge in [-0.3, -0.25) is 19.2 Å². The number of carbonyl (C=O) groups is 4. The van der Waals surface area contributed by atoms with E-state index < -0.39 is 12.1 Å². The monoisotopic (exact) mass is 1130 g/mol. The lowest BCUT2D eigenvalue weighted by molar-refractivity contribution is -0.143. The average molecular weight is 1130 g/mol. The molecule has 0 heterocycles. The van der Waals surface area contributed by atoms with E-state index in [9.17, 15) is 19.2 Å². The van der Waals surface area contributed by atoms with Gasteiger partial charge in [0.1, 0.15) is 12.1 Å². The molecule has 0 spiro atoms. The van der Waals surface area contributed by atoms with Gasteiger partial charge in [0.2, 0.25) is 23.6 Å². The van der Waals surface area contributed by atoms with E-state index >= 15 is 0 Å². The smallest absolute Gasteiger partial charge is 0.243 e. The molecule has 0 rings (SSSR count). The maximum atomic E-state index is 14.5. The molecule has 0 saturated heterocycles. The van der Waals surface area contributed by atoms with Crippen molar-refractivity contribution in [3.8, 4) is 0 Å². The summed E-state index contributed by atoms with van der Waals surface area (Å²) < 4.78 is 0. The minimum Gasteiger partial charge on any atom is -0.353 e. The Balaban J connectivity index is 5.60. The van der Waals surface area contributed by atoms with Crippen LogP contribution in [0.25, 0.3) is 0 Å². The first-order chi connectivity index (χ1) is 38.8. The molecule has 0 aromatic heterocycles. The topological polar surface area (TPSA) is 109 Å². The van der Waals surface area contributed by atoms with Crippen molar-refractivity contribution in [1.29, 1.82) is 0 Å². The number of unbranched alkanes of at least 4 members (excludes halogenated alkanes) is 30. The van der Waals surface area contributed by atoms with Gasteiger partial charge in [-0.25, -0.2) is 0 Å². The maximum absolute atomic E-state index is 14.5. The lowest BCUT2D eigenvalue weighted by atomic mass is 9.89. The second-order valence-electron chi connectivity index (χ2n) is 25.3. The molecule has 0 saturated carbocycles. The van der Waals surface area contributed by atoms with Gasteiger partial charge in [-0.1, -0.05) is 260 Å². The maximum Gasteiger partial charge on any atom is 0.243 e. The highest BCUT2D eigenvalue weighted by Gasteiger charge is 2.36. The summed E-state index contributed by atoms with van der Waals surface area (Å²) in [5.74, 6) is 0.387. The van der Waals surface area contributed by atoms with Crippen LogP contribution < -0.4 is 10.6 Å². The molecule has 0 aliphatic carbocycles. The fraction of sp³-hybridized carbons (Fsp3) is 0.942. The normalized spacial score (nSPS) is 13.3. The number of amides is 4. The summed E-state index contributed by atoms with van der Waals surface area (Å²) in [7, 11) is 10.3. The van der Waals surface area contributed by atoms with Gasteiger partial charge in [0.05, 0.1) is 0 Å². The molecule has 11 heteroatoms. The van der Waals surface area contributed by atoms with E-state index in [1.54, 1.807) is 0 Å². The standard InChI is InChI=1S/C69H139N7O4/c1-12-18-22-24-26-28-30-32-34-36-38-40-42-44-46-52-64(77)75(58-48-56-72(7)8)66(62(16-5)50-20-14-3)68(79)70-54-60-74(11)61-55-71-69(80)67(63(17-6)51-21-15-4)76(59-49-57-73(9)10)65(78)53-47-45-43-41-39-37-35-33-31-29-27-25-23-19-13-2/h62-63,66-67H,12-61H2,1-11H3,(H,70,79)(H,71,80). The summed E-state index contributed by atoms with van der Waals surface area (Å²) in [5.41, 5.74) is 0. The molecule has 80 heavy (non-hydrogen) atoms. The first kappa shape index (κ1) is 77.8. The van der Waals surface area contributed by atoms with E-state index in [4.69, 9.17) is 0 Å². The van der Waals surface area contributed by atoms with Crippen LogP contribution in [-0.2, 0) is 19.2 Å². The number of carbonyl (C=O) groups excluding carboxylic acids is 4. The Morgan fingerprint density at radius 2 is 0.575 bits per heavy atom. The highest BCUT2D eigenvalue weighted by molar-refractivity contribution is 5.88. The Morgan fingerprint density at radius 3 is 0.825 bits per heavy atom. The van der Waals surface area contributed by atoms with Crippen LogP contribution in [0, 0.1) is 11.8 Å². The van der Waals surface area contributed by atoms with Gasteiger partial charge in [-0.05, 0) is 98.7 Å². The fourth-order valence-electron chi connectivity index (χ4n) is 11.9. The largest absolute Gasteiger partial charge is 0.353 e. The first-order valence-electron chi connectivity index (χ1n) is 34.9. The quantitative estimate of drug-likeness (QED) is 0.0584. The lowest BCUT2D eigenvalue weighted by Gasteiger charge is -2.37. The van der Waals surface area contributed by atoms with Crippen LogP contribution in [-0.4, -0.2) is 148 Å². The number of hydrogen-bond acceptors (Lipinski definition) is 7. The summed E-state index contributed by atoms with van der Waals surface area (Å²) >= 11 is 0. The minimum absolute atomic E-state index is 0.0340. The summed E-state index contributed by atoms with van der Waals surface area (Å²) in [6, 6.07) is -0.971. The Labute approximate surface area is 498 Å². The Kier molecular flexibility index (Phi) is 54.4. The first-order valence-corrected chi connectivity index (χ1v) is 34.9. The van der Waals surface area contributed by atoms with Gasteiger partial charge < -0.3 is 35.1 Å². The molecule has 0 aliphatic heterocycles. The highest BCUT2D eigenvalue weighted by Crippen LogP contribution is 2.26. The SMILES string of the molecule is CCCCCCCCCCCCCCCCCC(=O)N(CCCN(C)C)C(C(=O)NCCN(C)CCNC(=O)C(C(CC)CCCC)N(CCCN(C)C)C(=O)CCCCCCCCCCCCCCCCC)C(CC)CCCC. The Bertz CT molecular complexity index is 1310. The summed E-state index contributed by atoms with van der Waals surface area (Å²) in [6.07, 6.45) is 49.2. The van der Waals surface area contributed by atoms with Crippen molar-refractivity contribution >= 4 is 23.6 Å². The van der Waals surface area contributed by atoms with Crippen LogP contribution in [0.3, 0.4) is 0 Å². The fourth-order valence-corrected chi connectivity index (χ4v) is 11.9. The molecule has 0 bridgehead atoms. The van der Waals surface area contributed by atoms with E-state index in [1.807, 2.05) is 16.8 Å². The van der Waals surface area contributed by atoms with E-state index in [0.717, 1.165) is 103 Å². The zero-order valence-electron chi connectivity index (χ0n) is 55.5. The number of nitrogens with one attached hydrogen (secondary N) is 2. The lowest BCUT2D eigenvalue weighted by Crippen LogP contribution is -2.55. The van der Waals surface area contributed by atoms with Crippen molar-refractivity contribution in [3.63, 3.8) is 0 Å². The van der Waals surface area contributed by atoms with Crippen molar-refractivity contribution in [2.24, 2.45) is 11.8 Å². The van der Waals surface area contributed by atoms with Crippen molar-refractivity contribution in [1.82, 2.24) is 35.1 Å². The Morgan fingerprint density at radius 1 is 0.312 bits per heavy atom. The molecular formula is C69H139N7O4. The third kappa shape index (κ3) is 42.5. The van der Waals surface area contributed by atoms with Crippen LogP contribution in [0.2, 0.25) is 0 Å². The summed E-state index contributed by atoms with van der Waals surface area (Å²) in [5, 5.41) is 6.61. The second-order valence-corrected chi connectivity index (χ2v) is 25.3. The van der Waals surface area contributed by atoms with Gasteiger partial charge in [-0.15, -0.1) is 0 Å². The molecule has 11 nitrogen and oxygen atoms in total. The van der Waals surface area contributed by atoms with Crippen molar-refractivity contribution < 1.29 is 19.2 Å². The number of nitrogens with zero attached hydrogens (tertiary/aromatic N) is 5. The van der Waals surface area contributed by atoms with Crippen LogP contribution in [0.4, 0.5) is 0 Å². The molecule has 0 fully saturated rings. The number of hydrogen-bond donors (Lipinski definition) is 2. The van der Waals surface area contributed by atoms with Gasteiger partial charge in [0.25, 0.3) is 0 Å². The molecule has 0 aromatic carbocycles. The number of rotatable bonds is 60. The van der Waals surface area contributed by atoms with E-state index in [-0.39, 0.29) is 35.5 Å². The molecule has 4 atom stereocenters. The van der Waals surface area contributed by atoms with Crippen molar-refractivity contribution in [2.75, 3.05) is 87.6 Å². The predicted molar refractivity (Wildman–Crippen MR) is 347 cm³/mol. The van der Waals surface area contributed by atoms with Gasteiger partial charge in [0, 0.05) is 52.1 Å². The van der Waals surface area contributed by atoms with Gasteiger partial charge in [-0.2, -0.15) is 0 Å². The third-order valence-corrected chi connectivity index (χ3v) is 17.2. The minimum atomic E-state index is -0.485.